The zero-order valence-electron chi connectivity index (χ0n) is 9.48. The van der Waals surface area contributed by atoms with Crippen molar-refractivity contribution in [3.63, 3.8) is 0 Å². The Morgan fingerprint density at radius 1 is 1.17 bits per heavy atom. The van der Waals surface area contributed by atoms with Crippen LogP contribution in [0.25, 0.3) is 0 Å². The maximum Gasteiger partial charge on any atom is 0.159 e. The lowest BCUT2D eigenvalue weighted by molar-refractivity contribution is 0.498. The van der Waals surface area contributed by atoms with Crippen molar-refractivity contribution in [2.45, 2.75) is 12.5 Å². The van der Waals surface area contributed by atoms with Gasteiger partial charge in [-0.15, -0.1) is 0 Å². The van der Waals surface area contributed by atoms with Gasteiger partial charge in [0.15, 0.2) is 11.6 Å². The van der Waals surface area contributed by atoms with Crippen LogP contribution in [0, 0.1) is 11.6 Å². The number of hydrazine groups is 1. The topological polar surface area (TPSA) is 63.8 Å². The van der Waals surface area contributed by atoms with Gasteiger partial charge in [-0.3, -0.25) is 5.84 Å². The van der Waals surface area contributed by atoms with E-state index >= 15 is 0 Å². The fourth-order valence-electron chi connectivity index (χ4n) is 1.62. The van der Waals surface area contributed by atoms with E-state index in [2.05, 4.69) is 15.4 Å². The van der Waals surface area contributed by atoms with E-state index in [1.165, 1.54) is 6.07 Å². The summed E-state index contributed by atoms with van der Waals surface area (Å²) in [7, 11) is 0. The molecule has 1 heterocycles. The van der Waals surface area contributed by atoms with Crippen LogP contribution in [0.3, 0.4) is 0 Å². The summed E-state index contributed by atoms with van der Waals surface area (Å²) in [6.45, 7) is 0. The molecule has 2 aromatic rings. The fraction of sp³-hybridized carbons (Fsp3) is 0.167. The maximum atomic E-state index is 13.1. The first-order chi connectivity index (χ1) is 8.70. The molecule has 4 nitrogen and oxygen atoms in total. The molecule has 0 fully saturated rings. The van der Waals surface area contributed by atoms with E-state index in [-0.39, 0.29) is 6.04 Å². The van der Waals surface area contributed by atoms with Crippen molar-refractivity contribution in [2.24, 2.45) is 5.84 Å². The number of hydrogen-bond donors (Lipinski definition) is 2. The minimum Gasteiger partial charge on any atom is -0.271 e. The standard InChI is InChI=1S/C12H12F2N4/c13-9-3-2-8(6-10(9)14)7-11(18-15)12-16-4-1-5-17-12/h1-6,11,18H,7,15H2. The van der Waals surface area contributed by atoms with Gasteiger partial charge in [-0.1, -0.05) is 6.07 Å². The van der Waals surface area contributed by atoms with Crippen molar-refractivity contribution in [2.75, 3.05) is 0 Å². The number of nitrogens with one attached hydrogen (secondary N) is 1. The smallest absolute Gasteiger partial charge is 0.159 e. The van der Waals surface area contributed by atoms with Gasteiger partial charge in [-0.2, -0.15) is 0 Å². The predicted octanol–water partition coefficient (Wildman–Crippen LogP) is 1.50. The Balaban J connectivity index is 2.18. The molecular formula is C12H12F2N4. The van der Waals surface area contributed by atoms with Gasteiger partial charge in [0.05, 0.1) is 6.04 Å². The molecule has 0 saturated heterocycles. The van der Waals surface area contributed by atoms with Crippen LogP contribution < -0.4 is 11.3 Å². The Labute approximate surface area is 103 Å². The summed E-state index contributed by atoms with van der Waals surface area (Å²) in [6.07, 6.45) is 3.56. The van der Waals surface area contributed by atoms with Crippen molar-refractivity contribution < 1.29 is 8.78 Å². The van der Waals surface area contributed by atoms with Crippen LogP contribution >= 0.6 is 0 Å². The quantitative estimate of drug-likeness (QED) is 0.637. The molecule has 1 atom stereocenters. The van der Waals surface area contributed by atoms with Crippen LogP contribution in [0.15, 0.2) is 36.7 Å². The molecule has 0 amide bonds. The average Bonchev–Trinajstić information content (AvgIpc) is 2.41. The van der Waals surface area contributed by atoms with Crippen LogP contribution in [-0.4, -0.2) is 9.97 Å². The Bertz CT molecular complexity index is 519. The molecule has 18 heavy (non-hydrogen) atoms. The van der Waals surface area contributed by atoms with E-state index in [9.17, 15) is 8.78 Å². The molecule has 0 bridgehead atoms. The molecule has 1 unspecified atom stereocenters. The number of benzene rings is 1. The van der Waals surface area contributed by atoms with Gasteiger partial charge in [0.1, 0.15) is 5.82 Å². The maximum absolute atomic E-state index is 13.1. The molecule has 0 aliphatic heterocycles. The molecule has 0 aliphatic rings. The van der Waals surface area contributed by atoms with Gasteiger partial charge in [0.25, 0.3) is 0 Å². The molecule has 1 aromatic carbocycles. The normalized spacial score (nSPS) is 12.4. The molecular weight excluding hydrogens is 238 g/mol. The minimum atomic E-state index is -0.878. The lowest BCUT2D eigenvalue weighted by atomic mass is 10.1. The van der Waals surface area contributed by atoms with Crippen LogP contribution in [0.1, 0.15) is 17.4 Å². The summed E-state index contributed by atoms with van der Waals surface area (Å²) in [5.41, 5.74) is 3.17. The number of nitrogens with zero attached hydrogens (tertiary/aromatic N) is 2. The average molecular weight is 250 g/mol. The van der Waals surface area contributed by atoms with E-state index in [4.69, 9.17) is 5.84 Å². The third-order valence-electron chi connectivity index (χ3n) is 2.52. The summed E-state index contributed by atoms with van der Waals surface area (Å²) < 4.78 is 25.9. The molecule has 0 aliphatic carbocycles. The van der Waals surface area contributed by atoms with E-state index in [1.54, 1.807) is 18.5 Å². The van der Waals surface area contributed by atoms with Gasteiger partial charge < -0.3 is 0 Å². The fourth-order valence-corrected chi connectivity index (χ4v) is 1.62. The van der Waals surface area contributed by atoms with Crippen molar-refractivity contribution in [1.82, 2.24) is 15.4 Å². The van der Waals surface area contributed by atoms with Gasteiger partial charge >= 0.3 is 0 Å². The van der Waals surface area contributed by atoms with Crippen molar-refractivity contribution in [3.8, 4) is 0 Å². The van der Waals surface area contributed by atoms with Gasteiger partial charge in [-0.25, -0.2) is 24.2 Å². The van der Waals surface area contributed by atoms with E-state index < -0.39 is 11.6 Å². The van der Waals surface area contributed by atoms with Crippen molar-refractivity contribution in [1.29, 1.82) is 0 Å². The molecule has 2 rings (SSSR count). The third-order valence-corrected chi connectivity index (χ3v) is 2.52. The van der Waals surface area contributed by atoms with E-state index in [0.717, 1.165) is 12.1 Å². The van der Waals surface area contributed by atoms with Crippen LogP contribution in [0.4, 0.5) is 8.78 Å². The number of hydrogen-bond acceptors (Lipinski definition) is 4. The molecule has 1 aromatic heterocycles. The van der Waals surface area contributed by atoms with E-state index in [1.807, 2.05) is 0 Å². The van der Waals surface area contributed by atoms with E-state index in [0.29, 0.717) is 17.8 Å². The van der Waals surface area contributed by atoms with Gasteiger partial charge in [0.2, 0.25) is 0 Å². The largest absolute Gasteiger partial charge is 0.271 e. The summed E-state index contributed by atoms with van der Waals surface area (Å²) >= 11 is 0. The highest BCUT2D eigenvalue weighted by molar-refractivity contribution is 5.19. The first kappa shape index (κ1) is 12.5. The number of nitrogens with two attached hydrogens (primary N) is 1. The Kier molecular flexibility index (Phi) is 3.91. The highest BCUT2D eigenvalue weighted by Crippen LogP contribution is 2.16. The Morgan fingerprint density at radius 2 is 1.89 bits per heavy atom. The lowest BCUT2D eigenvalue weighted by Crippen LogP contribution is -2.31. The first-order valence-corrected chi connectivity index (χ1v) is 5.37. The minimum absolute atomic E-state index is 0.351. The second kappa shape index (κ2) is 5.61. The summed E-state index contributed by atoms with van der Waals surface area (Å²) in [6, 6.07) is 5.07. The SMILES string of the molecule is NNC(Cc1ccc(F)c(F)c1)c1ncccn1. The lowest BCUT2D eigenvalue weighted by Gasteiger charge is -2.14. The first-order valence-electron chi connectivity index (χ1n) is 5.37. The summed E-state index contributed by atoms with van der Waals surface area (Å²) in [5, 5.41) is 0. The molecule has 0 saturated carbocycles. The van der Waals surface area contributed by atoms with Crippen molar-refractivity contribution in [3.05, 3.63) is 59.7 Å². The number of rotatable bonds is 4. The zero-order chi connectivity index (χ0) is 13.0. The Morgan fingerprint density at radius 3 is 2.50 bits per heavy atom. The highest BCUT2D eigenvalue weighted by Gasteiger charge is 2.14. The van der Waals surface area contributed by atoms with Crippen LogP contribution in [-0.2, 0) is 6.42 Å². The monoisotopic (exact) mass is 250 g/mol. The Hall–Kier alpha value is -1.92. The second-order valence-corrected chi connectivity index (χ2v) is 3.78. The van der Waals surface area contributed by atoms with Crippen molar-refractivity contribution >= 4 is 0 Å². The number of halogens is 2. The number of aromatic nitrogens is 2. The third kappa shape index (κ3) is 2.85. The molecule has 0 spiro atoms. The zero-order valence-corrected chi connectivity index (χ0v) is 9.48. The van der Waals surface area contributed by atoms with Crippen LogP contribution in [0.5, 0.6) is 0 Å². The predicted molar refractivity (Wildman–Crippen MR) is 62.2 cm³/mol. The molecule has 0 radical (unpaired) electrons. The summed E-state index contributed by atoms with van der Waals surface area (Å²) in [5.74, 6) is 4.18. The molecule has 6 heteroatoms. The molecule has 3 N–H and O–H groups in total. The van der Waals surface area contributed by atoms with Crippen LogP contribution in [0.2, 0.25) is 0 Å². The highest BCUT2D eigenvalue weighted by atomic mass is 19.2. The van der Waals surface area contributed by atoms with Gasteiger partial charge in [0, 0.05) is 12.4 Å². The molecule has 94 valence electrons. The van der Waals surface area contributed by atoms with Gasteiger partial charge in [-0.05, 0) is 30.2 Å². The summed E-state index contributed by atoms with van der Waals surface area (Å²) in [4.78, 5) is 8.13. The second-order valence-electron chi connectivity index (χ2n) is 3.78.